The Bertz CT molecular complexity index is 4180. The third-order valence-electron chi connectivity index (χ3n) is 18.2. The number of fused-ring (bicyclic) bond motifs is 20. The fourth-order valence-corrected chi connectivity index (χ4v) is 14.8. The molecule has 2 nitrogen and oxygen atoms in total. The van der Waals surface area contributed by atoms with Gasteiger partial charge in [-0.3, -0.25) is 0 Å². The van der Waals surface area contributed by atoms with Crippen LogP contribution in [0.5, 0.6) is 0 Å². The number of hydrogen-bond acceptors (Lipinski definition) is 2. The first-order valence-corrected chi connectivity index (χ1v) is 27.2. The molecule has 0 amide bonds. The van der Waals surface area contributed by atoms with E-state index >= 15 is 0 Å². The highest BCUT2D eigenvalue weighted by atomic mass is 15.1. The van der Waals surface area contributed by atoms with E-state index in [1.54, 1.807) is 0 Å². The van der Waals surface area contributed by atoms with Crippen LogP contribution < -0.4 is 9.80 Å². The summed E-state index contributed by atoms with van der Waals surface area (Å²) in [5, 5.41) is 4.98. The standard InChI is InChI=1S/C75H54N2/c1-73(2)65-27-15-11-25-59(65)63-45-53(35-41-67(63)73)76(49-19-7-5-8-20-49)51-33-39-55-47(43-51)31-37-61-62-38-32-48-44-52(34-40-56(48)72(62)75(71(55)61)69-29-17-13-23-57(69)58-24-14-18-30-70(58)75)77(50-21-9-6-10-22-50)54-36-42-68-64(46-54)60-26-12-16-28-66(60)74(68,3)4/h5-46H,1-4H3. The normalized spacial score (nSPS) is 14.8. The van der Waals surface area contributed by atoms with E-state index < -0.39 is 5.41 Å². The Morgan fingerprint density at radius 2 is 0.558 bits per heavy atom. The van der Waals surface area contributed by atoms with Crippen LogP contribution in [0.15, 0.2) is 255 Å². The summed E-state index contributed by atoms with van der Waals surface area (Å²) in [5.41, 5.74) is 27.5. The highest BCUT2D eigenvalue weighted by Gasteiger charge is 2.53. The molecule has 1 spiro atoms. The predicted octanol–water partition coefficient (Wildman–Crippen LogP) is 19.9. The van der Waals surface area contributed by atoms with Crippen molar-refractivity contribution >= 4 is 55.7 Å². The lowest BCUT2D eigenvalue weighted by atomic mass is 9.68. The third-order valence-corrected chi connectivity index (χ3v) is 18.2. The Balaban J connectivity index is 0.893. The monoisotopic (exact) mass is 982 g/mol. The van der Waals surface area contributed by atoms with Crippen molar-refractivity contribution < 1.29 is 0 Å². The van der Waals surface area contributed by atoms with E-state index in [9.17, 15) is 0 Å². The van der Waals surface area contributed by atoms with Crippen LogP contribution in [0.2, 0.25) is 0 Å². The van der Waals surface area contributed by atoms with Gasteiger partial charge in [0.1, 0.15) is 0 Å². The van der Waals surface area contributed by atoms with Gasteiger partial charge in [0.25, 0.3) is 0 Å². The highest BCUT2D eigenvalue weighted by molar-refractivity contribution is 6.10. The lowest BCUT2D eigenvalue weighted by Crippen LogP contribution is -2.26. The molecular formula is C75H54N2. The van der Waals surface area contributed by atoms with Gasteiger partial charge in [-0.15, -0.1) is 0 Å². The van der Waals surface area contributed by atoms with Gasteiger partial charge in [0.05, 0.1) is 5.41 Å². The summed E-state index contributed by atoms with van der Waals surface area (Å²) >= 11 is 0. The molecule has 0 aliphatic heterocycles. The Labute approximate surface area is 450 Å². The largest absolute Gasteiger partial charge is 0.310 e. The number of para-hydroxylation sites is 2. The van der Waals surface area contributed by atoms with Crippen molar-refractivity contribution in [3.63, 3.8) is 0 Å². The molecule has 0 fully saturated rings. The van der Waals surface area contributed by atoms with Crippen molar-refractivity contribution in [1.82, 2.24) is 0 Å². The Morgan fingerprint density at radius 1 is 0.234 bits per heavy atom. The van der Waals surface area contributed by atoms with Gasteiger partial charge >= 0.3 is 0 Å². The second-order valence-electron chi connectivity index (χ2n) is 22.8. The van der Waals surface area contributed by atoms with Gasteiger partial charge in [0, 0.05) is 45.0 Å². The summed E-state index contributed by atoms with van der Waals surface area (Å²) in [4.78, 5) is 4.88. The van der Waals surface area contributed by atoms with Crippen LogP contribution in [-0.4, -0.2) is 0 Å². The molecule has 4 aliphatic carbocycles. The number of anilines is 6. The summed E-state index contributed by atoms with van der Waals surface area (Å²) < 4.78 is 0. The maximum Gasteiger partial charge on any atom is 0.0737 e. The highest BCUT2D eigenvalue weighted by Crippen LogP contribution is 2.66. The van der Waals surface area contributed by atoms with Crippen LogP contribution in [0.3, 0.4) is 0 Å². The molecular weight excluding hydrogens is 929 g/mol. The second-order valence-corrected chi connectivity index (χ2v) is 22.8. The van der Waals surface area contributed by atoms with Crippen LogP contribution in [0.25, 0.3) is 66.1 Å². The Morgan fingerprint density at radius 3 is 0.974 bits per heavy atom. The van der Waals surface area contributed by atoms with Crippen LogP contribution in [0.4, 0.5) is 34.1 Å². The summed E-state index contributed by atoms with van der Waals surface area (Å²) in [6.07, 6.45) is 0. The van der Waals surface area contributed by atoms with Crippen molar-refractivity contribution in [3.8, 4) is 44.5 Å². The average molecular weight is 983 g/mol. The van der Waals surface area contributed by atoms with Crippen LogP contribution in [0, 0.1) is 0 Å². The number of hydrogen-bond donors (Lipinski definition) is 0. The zero-order chi connectivity index (χ0) is 51.4. The molecule has 0 unspecified atom stereocenters. The zero-order valence-electron chi connectivity index (χ0n) is 43.6. The number of rotatable bonds is 6. The minimum atomic E-state index is -0.571. The Hall–Kier alpha value is -9.24. The first-order valence-electron chi connectivity index (χ1n) is 27.2. The third kappa shape index (κ3) is 5.96. The Kier molecular flexibility index (Phi) is 9.10. The topological polar surface area (TPSA) is 6.48 Å². The van der Waals surface area contributed by atoms with E-state index in [-0.39, 0.29) is 10.8 Å². The molecule has 0 N–H and O–H groups in total. The quantitative estimate of drug-likeness (QED) is 0.164. The first-order chi connectivity index (χ1) is 37.7. The first kappa shape index (κ1) is 44.1. The molecule has 0 saturated carbocycles. The molecule has 0 radical (unpaired) electrons. The molecule has 77 heavy (non-hydrogen) atoms. The van der Waals surface area contributed by atoms with Gasteiger partial charge in [-0.1, -0.05) is 210 Å². The molecule has 0 bridgehead atoms. The number of nitrogens with zero attached hydrogens (tertiary/aromatic N) is 2. The lowest BCUT2D eigenvalue weighted by Gasteiger charge is -2.33. The van der Waals surface area contributed by atoms with E-state index in [0.717, 1.165) is 34.1 Å². The fraction of sp³-hybridized carbons (Fsp3) is 0.0933. The molecule has 0 atom stereocenters. The zero-order valence-corrected chi connectivity index (χ0v) is 43.6. The van der Waals surface area contributed by atoms with E-state index in [1.807, 2.05) is 0 Å². The summed E-state index contributed by atoms with van der Waals surface area (Å²) in [7, 11) is 0. The SMILES string of the molecule is CC1(C)c2ccccc2-c2cc(N(c3ccccc3)c3ccc4c5c(ccc4c3)-c3ccc4cc(N(c6ccccc6)c6ccc7c(c6)-c6ccccc6C7(C)C)ccc4c3C53c4ccccc4-c4ccccc43)ccc21. The minimum absolute atomic E-state index is 0.0689. The maximum absolute atomic E-state index is 2.44. The van der Waals surface area contributed by atoms with Gasteiger partial charge in [-0.05, 0) is 183 Å². The van der Waals surface area contributed by atoms with Crippen LogP contribution >= 0.6 is 0 Å². The molecule has 16 rings (SSSR count). The van der Waals surface area contributed by atoms with Crippen molar-refractivity contribution in [3.05, 3.63) is 299 Å². The molecule has 2 heteroatoms. The van der Waals surface area contributed by atoms with E-state index in [2.05, 4.69) is 292 Å². The lowest BCUT2D eigenvalue weighted by molar-refractivity contribution is 0.660. The number of benzene rings is 12. The van der Waals surface area contributed by atoms with Gasteiger partial charge < -0.3 is 9.80 Å². The van der Waals surface area contributed by atoms with Crippen molar-refractivity contribution in [2.24, 2.45) is 0 Å². The van der Waals surface area contributed by atoms with Gasteiger partial charge in [-0.25, -0.2) is 0 Å². The second kappa shape index (κ2) is 15.9. The molecule has 364 valence electrons. The van der Waals surface area contributed by atoms with Crippen molar-refractivity contribution in [1.29, 1.82) is 0 Å². The smallest absolute Gasteiger partial charge is 0.0737 e. The minimum Gasteiger partial charge on any atom is -0.310 e. The van der Waals surface area contributed by atoms with Gasteiger partial charge in [0.15, 0.2) is 0 Å². The summed E-state index contributed by atoms with van der Waals surface area (Å²) in [5.74, 6) is 0. The van der Waals surface area contributed by atoms with Gasteiger partial charge in [-0.2, -0.15) is 0 Å². The van der Waals surface area contributed by atoms with Crippen LogP contribution in [-0.2, 0) is 16.2 Å². The maximum atomic E-state index is 2.44. The molecule has 0 aromatic heterocycles. The average Bonchev–Trinajstić information content (AvgIpc) is 3.63. The van der Waals surface area contributed by atoms with Gasteiger partial charge in [0.2, 0.25) is 0 Å². The predicted molar refractivity (Wildman–Crippen MR) is 322 cm³/mol. The van der Waals surface area contributed by atoms with Crippen LogP contribution in [0.1, 0.15) is 72.2 Å². The fourth-order valence-electron chi connectivity index (χ4n) is 14.8. The van der Waals surface area contributed by atoms with Crippen molar-refractivity contribution in [2.45, 2.75) is 43.9 Å². The molecule has 0 saturated heterocycles. The molecule has 0 heterocycles. The summed E-state index contributed by atoms with van der Waals surface area (Å²) in [6, 6.07) is 96.3. The molecule has 12 aromatic carbocycles. The van der Waals surface area contributed by atoms with E-state index in [4.69, 9.17) is 0 Å². The van der Waals surface area contributed by atoms with E-state index in [1.165, 1.54) is 111 Å². The van der Waals surface area contributed by atoms with E-state index in [0.29, 0.717) is 0 Å². The van der Waals surface area contributed by atoms with Crippen molar-refractivity contribution in [2.75, 3.05) is 9.80 Å². The summed E-state index contributed by atoms with van der Waals surface area (Å²) in [6.45, 7) is 9.43. The molecule has 12 aromatic rings. The molecule has 4 aliphatic rings.